The molecule has 2 N–H and O–H groups in total. The quantitative estimate of drug-likeness (QED) is 0.277. The maximum absolute atomic E-state index is 12.1. The van der Waals surface area contributed by atoms with Crippen molar-refractivity contribution < 1.29 is 11.0 Å². The first kappa shape index (κ1) is 26.3. The van der Waals surface area contributed by atoms with Gasteiger partial charge >= 0.3 is 0 Å². The normalized spacial score (nSPS) is 13.6. The number of hydrogen-bond acceptors (Lipinski definition) is 3. The van der Waals surface area contributed by atoms with Gasteiger partial charge in [-0.2, -0.15) is 0 Å². The van der Waals surface area contributed by atoms with E-state index in [2.05, 4.69) is 27.0 Å². The van der Waals surface area contributed by atoms with Gasteiger partial charge < -0.3 is 5.73 Å². The van der Waals surface area contributed by atoms with Crippen LogP contribution in [0.1, 0.15) is 92.3 Å². The van der Waals surface area contributed by atoms with Crippen LogP contribution in [-0.4, -0.2) is 29.8 Å². The third kappa shape index (κ3) is 10.0. The zero-order valence-corrected chi connectivity index (χ0v) is 18.3. The summed E-state index contributed by atoms with van der Waals surface area (Å²) in [7, 11) is 0. The molecule has 0 spiro atoms. The maximum Gasteiger partial charge on any atom is 0.261 e. The molecular weight excluding hydrogens is 348 g/mol. The Morgan fingerprint density at radius 1 is 0.750 bits per heavy atom. The van der Waals surface area contributed by atoms with Gasteiger partial charge in [-0.05, 0) is 19.4 Å². The Kier molecular flexibility index (Phi) is 16.4. The van der Waals surface area contributed by atoms with Crippen LogP contribution in [0.5, 0.6) is 0 Å². The predicted molar refractivity (Wildman–Crippen MR) is 122 cm³/mol. The molecule has 1 aliphatic rings. The topological polar surface area (TPSA) is 63.4 Å². The minimum atomic E-state index is -0.234. The second kappa shape index (κ2) is 17.4. The molecule has 0 saturated carbocycles. The number of carbonyl (C=O) groups excluding carboxylic acids is 2. The highest BCUT2D eigenvalue weighted by Gasteiger charge is 2.34. The molecule has 162 valence electrons. The van der Waals surface area contributed by atoms with E-state index in [1.54, 1.807) is 0 Å². The summed E-state index contributed by atoms with van der Waals surface area (Å²) in [4.78, 5) is 25.6. The van der Waals surface area contributed by atoms with E-state index in [0.717, 1.165) is 32.2 Å². The van der Waals surface area contributed by atoms with Crippen LogP contribution < -0.4 is 5.73 Å². The van der Waals surface area contributed by atoms with Gasteiger partial charge in [0.1, 0.15) is 0 Å². The van der Waals surface area contributed by atoms with Crippen molar-refractivity contribution in [2.24, 2.45) is 5.73 Å². The highest BCUT2D eigenvalue weighted by Crippen LogP contribution is 2.23. The van der Waals surface area contributed by atoms with Crippen molar-refractivity contribution in [1.29, 1.82) is 0 Å². The van der Waals surface area contributed by atoms with E-state index in [0.29, 0.717) is 17.7 Å². The molecule has 1 rings (SSSR count). The van der Waals surface area contributed by atoms with Gasteiger partial charge in [0.2, 0.25) is 0 Å². The Bertz CT molecular complexity index is 483. The Morgan fingerprint density at radius 2 is 1.11 bits per heavy atom. The number of hydrogen-bond donors (Lipinski definition) is 1. The number of imide groups is 1. The molecule has 0 unspecified atom stereocenters. The van der Waals surface area contributed by atoms with Crippen LogP contribution >= 0.6 is 0 Å². The lowest BCUT2D eigenvalue weighted by Crippen LogP contribution is -2.32. The van der Waals surface area contributed by atoms with E-state index in [1.807, 2.05) is 0 Å². The predicted octanol–water partition coefficient (Wildman–Crippen LogP) is 5.94. The maximum atomic E-state index is 12.1. The molecule has 0 fully saturated rings. The SMILES string of the molecule is C=CC1=C(C=C)C(=O)N(CCCCCCCCCCCCN)C1=O.CCCC.[HH]. The van der Waals surface area contributed by atoms with Gasteiger partial charge in [-0.15, -0.1) is 0 Å². The highest BCUT2D eigenvalue weighted by atomic mass is 16.2. The molecule has 0 aromatic carbocycles. The third-order valence-corrected chi connectivity index (χ3v) is 4.99. The van der Waals surface area contributed by atoms with Crippen molar-refractivity contribution in [3.8, 4) is 0 Å². The lowest BCUT2D eigenvalue weighted by molar-refractivity contribution is -0.137. The second-order valence-electron chi connectivity index (χ2n) is 7.32. The van der Waals surface area contributed by atoms with Gasteiger partial charge in [0.05, 0.1) is 11.1 Å². The molecule has 0 bridgehead atoms. The fourth-order valence-corrected chi connectivity index (χ4v) is 3.04. The summed E-state index contributed by atoms with van der Waals surface area (Å²) >= 11 is 0. The minimum Gasteiger partial charge on any atom is -0.330 e. The van der Waals surface area contributed by atoms with E-state index in [4.69, 9.17) is 5.73 Å². The van der Waals surface area contributed by atoms with Crippen LogP contribution in [0.25, 0.3) is 0 Å². The zero-order valence-electron chi connectivity index (χ0n) is 18.3. The van der Waals surface area contributed by atoms with Crippen molar-refractivity contribution in [2.75, 3.05) is 13.1 Å². The molecule has 4 nitrogen and oxygen atoms in total. The standard InChI is InChI=1S/C20H32N2O2.C4H10.H2/c1-3-17-18(4-2)20(24)22(19(17)23)16-14-12-10-8-6-5-7-9-11-13-15-21;1-3-4-2;/h3-4H,1-2,5-16,21H2;3-4H2,1-2H3;1H. The first-order valence-corrected chi connectivity index (χ1v) is 11.1. The van der Waals surface area contributed by atoms with Crippen molar-refractivity contribution in [3.63, 3.8) is 0 Å². The number of nitrogens with zero attached hydrogens (tertiary/aromatic N) is 1. The fraction of sp³-hybridized carbons (Fsp3) is 0.667. The summed E-state index contributed by atoms with van der Waals surface area (Å²) in [6.07, 6.45) is 17.4. The zero-order chi connectivity index (χ0) is 21.2. The van der Waals surface area contributed by atoms with Gasteiger partial charge in [0.25, 0.3) is 11.8 Å². The molecule has 1 aliphatic heterocycles. The average molecular weight is 393 g/mol. The third-order valence-electron chi connectivity index (χ3n) is 4.99. The van der Waals surface area contributed by atoms with Crippen LogP contribution in [-0.2, 0) is 9.59 Å². The summed E-state index contributed by atoms with van der Waals surface area (Å²) in [5.41, 5.74) is 6.23. The fourth-order valence-electron chi connectivity index (χ4n) is 3.04. The Labute approximate surface area is 174 Å². The van der Waals surface area contributed by atoms with Crippen LogP contribution in [0.2, 0.25) is 0 Å². The number of rotatable bonds is 15. The van der Waals surface area contributed by atoms with E-state index in [1.165, 1.54) is 68.4 Å². The van der Waals surface area contributed by atoms with Crippen LogP contribution in [0.4, 0.5) is 0 Å². The van der Waals surface area contributed by atoms with Crippen LogP contribution in [0.3, 0.4) is 0 Å². The van der Waals surface area contributed by atoms with Gasteiger partial charge in [0, 0.05) is 7.97 Å². The molecule has 0 atom stereocenters. The van der Waals surface area contributed by atoms with Gasteiger partial charge in [0.15, 0.2) is 0 Å². The molecular formula is C24H44N2O2. The Balaban J connectivity index is 0. The van der Waals surface area contributed by atoms with E-state index < -0.39 is 0 Å². The minimum absolute atomic E-state index is 0. The van der Waals surface area contributed by atoms with E-state index in [-0.39, 0.29) is 13.2 Å². The van der Waals surface area contributed by atoms with Gasteiger partial charge in [-0.1, -0.05) is 103 Å². The average Bonchev–Trinajstić information content (AvgIpc) is 2.95. The molecule has 1 heterocycles. The lowest BCUT2D eigenvalue weighted by atomic mass is 10.1. The Hall–Kier alpha value is -1.68. The number of unbranched alkanes of at least 4 members (excludes halogenated alkanes) is 10. The van der Waals surface area contributed by atoms with Crippen molar-refractivity contribution in [1.82, 2.24) is 4.90 Å². The molecule has 0 saturated heterocycles. The summed E-state index contributed by atoms with van der Waals surface area (Å²) in [5.74, 6) is -0.468. The molecule has 0 aromatic rings. The number of carbonyl (C=O) groups is 2. The second-order valence-corrected chi connectivity index (χ2v) is 7.32. The number of nitrogens with two attached hydrogens (primary N) is 1. The van der Waals surface area contributed by atoms with Gasteiger partial charge in [-0.3, -0.25) is 14.5 Å². The molecule has 28 heavy (non-hydrogen) atoms. The van der Waals surface area contributed by atoms with Crippen LogP contribution in [0.15, 0.2) is 36.5 Å². The molecule has 0 radical (unpaired) electrons. The summed E-state index contributed by atoms with van der Waals surface area (Å²) in [6.45, 7) is 12.9. The summed E-state index contributed by atoms with van der Waals surface area (Å²) in [6, 6.07) is 0. The molecule has 0 aromatic heterocycles. The monoisotopic (exact) mass is 392 g/mol. The van der Waals surface area contributed by atoms with E-state index in [9.17, 15) is 9.59 Å². The number of amides is 2. The van der Waals surface area contributed by atoms with E-state index >= 15 is 0 Å². The molecule has 0 aliphatic carbocycles. The summed E-state index contributed by atoms with van der Waals surface area (Å²) in [5, 5.41) is 0. The van der Waals surface area contributed by atoms with Crippen LogP contribution in [0, 0.1) is 0 Å². The van der Waals surface area contributed by atoms with Gasteiger partial charge in [-0.25, -0.2) is 0 Å². The Morgan fingerprint density at radius 3 is 1.43 bits per heavy atom. The van der Waals surface area contributed by atoms with Crippen molar-refractivity contribution in [2.45, 2.75) is 90.9 Å². The molecule has 2 amide bonds. The molecule has 4 heteroatoms. The first-order chi connectivity index (χ1) is 13.6. The first-order valence-electron chi connectivity index (χ1n) is 11.1. The smallest absolute Gasteiger partial charge is 0.261 e. The van der Waals surface area contributed by atoms with Crippen molar-refractivity contribution >= 4 is 11.8 Å². The lowest BCUT2D eigenvalue weighted by Gasteiger charge is -2.14. The summed E-state index contributed by atoms with van der Waals surface area (Å²) < 4.78 is 0. The highest BCUT2D eigenvalue weighted by molar-refractivity contribution is 6.21. The largest absolute Gasteiger partial charge is 0.330 e. The van der Waals surface area contributed by atoms with Crippen molar-refractivity contribution in [3.05, 3.63) is 36.5 Å².